The second-order valence-electron chi connectivity index (χ2n) is 6.15. The Hall–Kier alpha value is -1.21. The van der Waals surface area contributed by atoms with Crippen molar-refractivity contribution in [1.29, 1.82) is 0 Å². The molecule has 0 amide bonds. The van der Waals surface area contributed by atoms with Gasteiger partial charge in [0.1, 0.15) is 0 Å². The summed E-state index contributed by atoms with van der Waals surface area (Å²) < 4.78 is 3.55. The van der Waals surface area contributed by atoms with Gasteiger partial charge in [-0.2, -0.15) is 0 Å². The van der Waals surface area contributed by atoms with Crippen molar-refractivity contribution in [3.63, 3.8) is 0 Å². The van der Waals surface area contributed by atoms with Crippen LogP contribution in [0.5, 0.6) is 0 Å². The Morgan fingerprint density at radius 2 is 1.86 bits per heavy atom. The molecule has 0 spiro atoms. The van der Waals surface area contributed by atoms with Gasteiger partial charge >= 0.3 is 145 Å². The maximum atomic E-state index is 2.42. The van der Waals surface area contributed by atoms with E-state index in [9.17, 15) is 0 Å². The molecule has 2 aliphatic carbocycles. The average Bonchev–Trinajstić information content (AvgIpc) is 3.13. The summed E-state index contributed by atoms with van der Waals surface area (Å²) >= 11 is -0.901. The van der Waals surface area contributed by atoms with Crippen molar-refractivity contribution < 1.29 is 22.9 Å². The van der Waals surface area contributed by atoms with Crippen molar-refractivity contribution in [3.05, 3.63) is 74.6 Å². The summed E-state index contributed by atoms with van der Waals surface area (Å²) in [7, 11) is 0. The third kappa shape index (κ3) is 2.50. The summed E-state index contributed by atoms with van der Waals surface area (Å²) in [5.74, 6) is 0. The van der Waals surface area contributed by atoms with Crippen LogP contribution < -0.4 is 3.32 Å². The monoisotopic (exact) mass is 452 g/mol. The SMILES string of the molecule is CCCC1=[C]([Hf][c]2cccc3c2Cc2ccccc2-3)CC=C1. The van der Waals surface area contributed by atoms with Crippen molar-refractivity contribution in [2.45, 2.75) is 32.6 Å². The van der Waals surface area contributed by atoms with Gasteiger partial charge in [-0.25, -0.2) is 0 Å². The van der Waals surface area contributed by atoms with E-state index in [1.807, 2.05) is 3.33 Å². The maximum absolute atomic E-state index is 2.42. The Bertz CT molecular complexity index is 780. The predicted octanol–water partition coefficient (Wildman–Crippen LogP) is 4.98. The normalized spacial score (nSPS) is 15.1. The summed E-state index contributed by atoms with van der Waals surface area (Å²) in [6.45, 7) is 2.29. The Labute approximate surface area is 144 Å². The van der Waals surface area contributed by atoms with E-state index in [-0.39, 0.29) is 0 Å². The van der Waals surface area contributed by atoms with Gasteiger partial charge in [0.2, 0.25) is 0 Å². The molecule has 22 heavy (non-hydrogen) atoms. The molecule has 0 aliphatic heterocycles. The fourth-order valence-corrected chi connectivity index (χ4v) is 8.89. The van der Waals surface area contributed by atoms with Crippen molar-refractivity contribution in [2.24, 2.45) is 0 Å². The number of benzene rings is 2. The van der Waals surface area contributed by atoms with E-state index >= 15 is 0 Å². The molecular formula is C21H20Hf. The number of fused-ring (bicyclic) bond motifs is 3. The second kappa shape index (κ2) is 6.12. The van der Waals surface area contributed by atoms with Crippen LogP contribution in [0, 0.1) is 0 Å². The summed E-state index contributed by atoms with van der Waals surface area (Å²) in [5.41, 5.74) is 7.79. The molecule has 2 aromatic carbocycles. The molecule has 0 N–H and O–H groups in total. The zero-order chi connectivity index (χ0) is 14.9. The molecule has 108 valence electrons. The van der Waals surface area contributed by atoms with Gasteiger partial charge in [-0.15, -0.1) is 0 Å². The predicted molar refractivity (Wildman–Crippen MR) is 90.0 cm³/mol. The van der Waals surface area contributed by atoms with Gasteiger partial charge in [0.05, 0.1) is 0 Å². The van der Waals surface area contributed by atoms with E-state index in [0.717, 1.165) is 6.42 Å². The van der Waals surface area contributed by atoms with Crippen LogP contribution in [0.15, 0.2) is 63.5 Å². The minimum absolute atomic E-state index is 0.901. The van der Waals surface area contributed by atoms with E-state index in [1.54, 1.807) is 14.5 Å². The molecule has 2 aromatic rings. The molecule has 0 saturated carbocycles. The second-order valence-corrected chi connectivity index (χ2v) is 11.2. The first-order valence-electron chi connectivity index (χ1n) is 8.22. The zero-order valence-corrected chi connectivity index (χ0v) is 16.6. The molecular weight excluding hydrogens is 431 g/mol. The number of hydrogen-bond acceptors (Lipinski definition) is 0. The van der Waals surface area contributed by atoms with Crippen LogP contribution in [0.3, 0.4) is 0 Å². The molecule has 2 aliphatic rings. The van der Waals surface area contributed by atoms with Crippen LogP contribution >= 0.6 is 0 Å². The van der Waals surface area contributed by atoms with Gasteiger partial charge in [-0.1, -0.05) is 0 Å². The molecule has 1 heteroatoms. The van der Waals surface area contributed by atoms with Gasteiger partial charge < -0.3 is 0 Å². The molecule has 0 bridgehead atoms. The summed E-state index contributed by atoms with van der Waals surface area (Å²) in [5, 5.41) is 0. The molecule has 0 atom stereocenters. The third-order valence-corrected chi connectivity index (χ3v) is 10.3. The van der Waals surface area contributed by atoms with Gasteiger partial charge in [-0.05, 0) is 0 Å². The topological polar surface area (TPSA) is 0 Å². The Balaban J connectivity index is 1.70. The van der Waals surface area contributed by atoms with Gasteiger partial charge in [-0.3, -0.25) is 0 Å². The van der Waals surface area contributed by atoms with Crippen LogP contribution in [-0.2, 0) is 29.3 Å². The standard InChI is InChI=1S/C13H9.C8H11.Hf/c1-3-7-12-10(5-1)9-11-6-2-4-8-13(11)12;1-2-5-8-6-3-4-7-8;/h1-5,7-8H,9H2;3,6H,2,4-5H2,1H3;. The number of rotatable bonds is 4. The molecule has 0 fully saturated rings. The Morgan fingerprint density at radius 3 is 2.77 bits per heavy atom. The van der Waals surface area contributed by atoms with Crippen molar-refractivity contribution in [3.8, 4) is 11.1 Å². The van der Waals surface area contributed by atoms with Crippen LogP contribution in [-0.4, -0.2) is 0 Å². The zero-order valence-electron chi connectivity index (χ0n) is 13.0. The van der Waals surface area contributed by atoms with E-state index in [0.29, 0.717) is 0 Å². The first kappa shape index (κ1) is 14.4. The van der Waals surface area contributed by atoms with Crippen molar-refractivity contribution in [1.82, 2.24) is 0 Å². The van der Waals surface area contributed by atoms with Crippen LogP contribution in [0.1, 0.15) is 37.3 Å². The average molecular weight is 451 g/mol. The van der Waals surface area contributed by atoms with Crippen molar-refractivity contribution >= 4 is 3.32 Å². The fourth-order valence-electron chi connectivity index (χ4n) is 3.62. The van der Waals surface area contributed by atoms with E-state index < -0.39 is 22.9 Å². The molecule has 0 nitrogen and oxygen atoms in total. The quantitative estimate of drug-likeness (QED) is 0.492. The van der Waals surface area contributed by atoms with Gasteiger partial charge in [0.25, 0.3) is 0 Å². The molecule has 4 rings (SSSR count). The number of hydrogen-bond donors (Lipinski definition) is 0. The summed E-state index contributed by atoms with van der Waals surface area (Å²) in [4.78, 5) is 0. The molecule has 0 aromatic heterocycles. The van der Waals surface area contributed by atoms with Crippen LogP contribution in [0.2, 0.25) is 0 Å². The van der Waals surface area contributed by atoms with Gasteiger partial charge in [0.15, 0.2) is 0 Å². The van der Waals surface area contributed by atoms with E-state index in [1.165, 1.54) is 36.0 Å². The van der Waals surface area contributed by atoms with Crippen LogP contribution in [0.25, 0.3) is 11.1 Å². The summed E-state index contributed by atoms with van der Waals surface area (Å²) in [6, 6.07) is 16.0. The number of allylic oxidation sites excluding steroid dienone is 4. The summed E-state index contributed by atoms with van der Waals surface area (Å²) in [6.07, 6.45) is 9.70. The minimum atomic E-state index is -0.901. The Kier molecular flexibility index (Phi) is 4.00. The molecule has 0 radical (unpaired) electrons. The first-order valence-corrected chi connectivity index (χ1v) is 11.8. The van der Waals surface area contributed by atoms with E-state index in [4.69, 9.17) is 0 Å². The first-order chi connectivity index (χ1) is 10.9. The molecule has 0 unspecified atom stereocenters. The molecule has 0 saturated heterocycles. The van der Waals surface area contributed by atoms with Crippen LogP contribution in [0.4, 0.5) is 0 Å². The molecule has 0 heterocycles. The van der Waals surface area contributed by atoms with Gasteiger partial charge in [0, 0.05) is 0 Å². The van der Waals surface area contributed by atoms with Crippen molar-refractivity contribution in [2.75, 3.05) is 0 Å². The fraction of sp³-hybridized carbons (Fsp3) is 0.238. The Morgan fingerprint density at radius 1 is 1.00 bits per heavy atom. The van der Waals surface area contributed by atoms with E-state index in [2.05, 4.69) is 61.5 Å². The third-order valence-electron chi connectivity index (χ3n) is 4.68.